The Morgan fingerprint density at radius 1 is 1.44 bits per heavy atom. The van der Waals surface area contributed by atoms with Crippen LogP contribution in [0.25, 0.3) is 0 Å². The van der Waals surface area contributed by atoms with Crippen molar-refractivity contribution in [3.8, 4) is 5.88 Å². The van der Waals surface area contributed by atoms with Crippen molar-refractivity contribution in [3.05, 3.63) is 23.9 Å². The molecule has 100 valence electrons. The van der Waals surface area contributed by atoms with Crippen molar-refractivity contribution < 1.29 is 22.7 Å². The molecule has 0 atom stereocenters. The first-order valence-electron chi connectivity index (χ1n) is 5.36. The van der Waals surface area contributed by atoms with Crippen LogP contribution in [0.15, 0.2) is 18.3 Å². The van der Waals surface area contributed by atoms with Gasteiger partial charge in [-0.2, -0.15) is 13.2 Å². The zero-order valence-electron chi connectivity index (χ0n) is 9.75. The van der Waals surface area contributed by atoms with Crippen LogP contribution in [0.3, 0.4) is 0 Å². The quantitative estimate of drug-likeness (QED) is 0.884. The fourth-order valence-corrected chi connectivity index (χ4v) is 1.10. The van der Waals surface area contributed by atoms with E-state index in [4.69, 9.17) is 0 Å². The summed E-state index contributed by atoms with van der Waals surface area (Å²) >= 11 is 0. The highest BCUT2D eigenvalue weighted by atomic mass is 19.4. The molecule has 1 N–H and O–H groups in total. The van der Waals surface area contributed by atoms with E-state index in [1.54, 1.807) is 0 Å². The summed E-state index contributed by atoms with van der Waals surface area (Å²) in [6.45, 7) is 1.04. The van der Waals surface area contributed by atoms with E-state index in [9.17, 15) is 18.0 Å². The molecule has 1 aromatic rings. The Morgan fingerprint density at radius 2 is 2.17 bits per heavy atom. The molecule has 0 fully saturated rings. The Bertz CT molecular complexity index is 390. The number of nitrogens with zero attached hydrogens (tertiary/aromatic N) is 1. The highest BCUT2D eigenvalue weighted by Gasteiger charge is 2.28. The van der Waals surface area contributed by atoms with Crippen LogP contribution < -0.4 is 10.1 Å². The molecule has 0 saturated carbocycles. The van der Waals surface area contributed by atoms with Crippen LogP contribution in [0.1, 0.15) is 23.7 Å². The first-order valence-corrected chi connectivity index (χ1v) is 5.36. The van der Waals surface area contributed by atoms with Gasteiger partial charge in [0.05, 0.1) is 5.56 Å². The molecule has 18 heavy (non-hydrogen) atoms. The van der Waals surface area contributed by atoms with Gasteiger partial charge in [-0.15, -0.1) is 0 Å². The number of amides is 1. The summed E-state index contributed by atoms with van der Waals surface area (Å²) in [5.74, 6) is -0.480. The Hall–Kier alpha value is -1.79. The zero-order valence-corrected chi connectivity index (χ0v) is 9.75. The number of rotatable bonds is 5. The van der Waals surface area contributed by atoms with E-state index in [-0.39, 0.29) is 17.4 Å². The van der Waals surface area contributed by atoms with Gasteiger partial charge in [-0.05, 0) is 12.5 Å². The van der Waals surface area contributed by atoms with E-state index in [2.05, 4.69) is 15.0 Å². The molecule has 7 heteroatoms. The van der Waals surface area contributed by atoms with E-state index < -0.39 is 12.8 Å². The summed E-state index contributed by atoms with van der Waals surface area (Å²) in [7, 11) is 0. The summed E-state index contributed by atoms with van der Waals surface area (Å²) in [6, 6.07) is 2.59. The summed E-state index contributed by atoms with van der Waals surface area (Å²) in [5.41, 5.74) is 0.280. The monoisotopic (exact) mass is 262 g/mol. The normalized spacial score (nSPS) is 11.1. The Morgan fingerprint density at radius 3 is 2.67 bits per heavy atom. The predicted octanol–water partition coefficient (Wildman–Crippen LogP) is 2.16. The lowest BCUT2D eigenvalue weighted by atomic mass is 10.2. The van der Waals surface area contributed by atoms with Gasteiger partial charge in [-0.25, -0.2) is 4.98 Å². The number of carbonyl (C=O) groups excluding carboxylic acids is 1. The summed E-state index contributed by atoms with van der Waals surface area (Å²) in [6.07, 6.45) is -2.43. The van der Waals surface area contributed by atoms with Crippen molar-refractivity contribution in [2.75, 3.05) is 13.2 Å². The summed E-state index contributed by atoms with van der Waals surface area (Å²) in [5, 5.41) is 2.62. The van der Waals surface area contributed by atoms with Gasteiger partial charge < -0.3 is 10.1 Å². The second-order valence-electron chi connectivity index (χ2n) is 3.54. The minimum atomic E-state index is -4.40. The fraction of sp³-hybridized carbons (Fsp3) is 0.455. The van der Waals surface area contributed by atoms with Crippen molar-refractivity contribution in [1.29, 1.82) is 0 Å². The minimum Gasteiger partial charge on any atom is -0.468 e. The third kappa shape index (κ3) is 5.03. The summed E-state index contributed by atoms with van der Waals surface area (Å²) < 4.78 is 40.0. The van der Waals surface area contributed by atoms with Gasteiger partial charge in [0, 0.05) is 18.8 Å². The average molecular weight is 262 g/mol. The highest BCUT2D eigenvalue weighted by molar-refractivity contribution is 5.93. The number of halogens is 3. The molecule has 0 unspecified atom stereocenters. The molecule has 0 radical (unpaired) electrons. The first-order chi connectivity index (χ1) is 8.42. The minimum absolute atomic E-state index is 0.167. The molecule has 0 aliphatic carbocycles. The SMILES string of the molecule is CCCNC(=O)c1ccc(OCC(F)(F)F)nc1. The van der Waals surface area contributed by atoms with Crippen molar-refractivity contribution >= 4 is 5.91 Å². The number of carbonyl (C=O) groups is 1. The smallest absolute Gasteiger partial charge is 0.422 e. The van der Waals surface area contributed by atoms with Crippen molar-refractivity contribution in [3.63, 3.8) is 0 Å². The molecule has 0 aliphatic heterocycles. The molecule has 4 nitrogen and oxygen atoms in total. The molecular formula is C11H13F3N2O2. The number of pyridine rings is 1. The van der Waals surface area contributed by atoms with Crippen LogP contribution in [-0.2, 0) is 0 Å². The topological polar surface area (TPSA) is 51.2 Å². The molecule has 0 saturated heterocycles. The lowest BCUT2D eigenvalue weighted by molar-refractivity contribution is -0.154. The van der Waals surface area contributed by atoms with Crippen LogP contribution in [0.5, 0.6) is 5.88 Å². The van der Waals surface area contributed by atoms with Crippen molar-refractivity contribution in [2.45, 2.75) is 19.5 Å². The molecule has 1 heterocycles. The maximum Gasteiger partial charge on any atom is 0.422 e. The van der Waals surface area contributed by atoms with E-state index in [0.29, 0.717) is 6.54 Å². The van der Waals surface area contributed by atoms with Crippen molar-refractivity contribution in [1.82, 2.24) is 10.3 Å². The predicted molar refractivity (Wildman–Crippen MR) is 58.4 cm³/mol. The Labute approximate surface area is 102 Å². The molecular weight excluding hydrogens is 249 g/mol. The van der Waals surface area contributed by atoms with E-state index in [1.165, 1.54) is 18.3 Å². The molecule has 1 amide bonds. The van der Waals surface area contributed by atoms with Gasteiger partial charge in [-0.3, -0.25) is 4.79 Å². The second-order valence-corrected chi connectivity index (χ2v) is 3.54. The third-order valence-corrected chi connectivity index (χ3v) is 1.92. The Balaban J connectivity index is 2.54. The van der Waals surface area contributed by atoms with Gasteiger partial charge in [0.2, 0.25) is 5.88 Å². The fourth-order valence-electron chi connectivity index (χ4n) is 1.10. The summed E-state index contributed by atoms with van der Waals surface area (Å²) in [4.78, 5) is 15.1. The number of nitrogens with one attached hydrogen (secondary N) is 1. The number of hydrogen-bond acceptors (Lipinski definition) is 3. The molecule has 0 bridgehead atoms. The second kappa shape index (κ2) is 6.23. The molecule has 0 spiro atoms. The van der Waals surface area contributed by atoms with Crippen LogP contribution in [0, 0.1) is 0 Å². The van der Waals surface area contributed by atoms with Gasteiger partial charge in [0.25, 0.3) is 5.91 Å². The van der Waals surface area contributed by atoms with Gasteiger partial charge in [0.1, 0.15) is 0 Å². The van der Waals surface area contributed by atoms with Crippen LogP contribution in [-0.4, -0.2) is 30.2 Å². The number of aromatic nitrogens is 1. The van der Waals surface area contributed by atoms with E-state index in [0.717, 1.165) is 6.42 Å². The van der Waals surface area contributed by atoms with Crippen LogP contribution >= 0.6 is 0 Å². The number of ether oxygens (including phenoxy) is 1. The third-order valence-electron chi connectivity index (χ3n) is 1.92. The Kier molecular flexibility index (Phi) is 4.94. The lowest BCUT2D eigenvalue weighted by Gasteiger charge is -2.08. The molecule has 0 aliphatic rings. The van der Waals surface area contributed by atoms with Gasteiger partial charge in [0.15, 0.2) is 6.61 Å². The maximum atomic E-state index is 11.9. The molecule has 1 aromatic heterocycles. The number of hydrogen-bond donors (Lipinski definition) is 1. The molecule has 0 aromatic carbocycles. The van der Waals surface area contributed by atoms with E-state index >= 15 is 0 Å². The lowest BCUT2D eigenvalue weighted by Crippen LogP contribution is -2.24. The number of alkyl halides is 3. The van der Waals surface area contributed by atoms with Gasteiger partial charge >= 0.3 is 6.18 Å². The largest absolute Gasteiger partial charge is 0.468 e. The standard InChI is InChI=1S/C11H13F3N2O2/c1-2-5-15-10(17)8-3-4-9(16-6-8)18-7-11(12,13)14/h3-4,6H,2,5,7H2,1H3,(H,15,17). The van der Waals surface area contributed by atoms with E-state index in [1.807, 2.05) is 6.92 Å². The van der Waals surface area contributed by atoms with Crippen LogP contribution in [0.2, 0.25) is 0 Å². The zero-order chi connectivity index (χ0) is 13.6. The highest BCUT2D eigenvalue weighted by Crippen LogP contribution is 2.16. The maximum absolute atomic E-state index is 11.9. The first kappa shape index (κ1) is 14.3. The van der Waals surface area contributed by atoms with Crippen LogP contribution in [0.4, 0.5) is 13.2 Å². The average Bonchev–Trinajstić information content (AvgIpc) is 2.33. The molecule has 1 rings (SSSR count). The van der Waals surface area contributed by atoms with Crippen molar-refractivity contribution in [2.24, 2.45) is 0 Å². The van der Waals surface area contributed by atoms with Gasteiger partial charge in [-0.1, -0.05) is 6.92 Å².